The Balaban J connectivity index is 1.54. The molecule has 2 amide bonds. The number of anilines is 1. The number of para-hydroxylation sites is 1. The highest BCUT2D eigenvalue weighted by Crippen LogP contribution is 2.27. The molecule has 3 aromatic rings. The summed E-state index contributed by atoms with van der Waals surface area (Å²) in [6.45, 7) is 2.50. The molecule has 1 fully saturated rings. The summed E-state index contributed by atoms with van der Waals surface area (Å²) < 4.78 is 0. The fourth-order valence-electron chi connectivity index (χ4n) is 3.76. The Bertz CT molecular complexity index is 959. The number of aromatic nitrogens is 1. The zero-order chi connectivity index (χ0) is 18.8. The van der Waals surface area contributed by atoms with Crippen LogP contribution in [0.3, 0.4) is 0 Å². The Morgan fingerprint density at radius 1 is 1.15 bits per heavy atom. The summed E-state index contributed by atoms with van der Waals surface area (Å²) in [4.78, 5) is 29.9. The molecule has 0 radical (unpaired) electrons. The van der Waals surface area contributed by atoms with E-state index < -0.39 is 0 Å². The van der Waals surface area contributed by atoms with Crippen LogP contribution in [0.1, 0.15) is 26.2 Å². The molecule has 2 N–H and O–H groups in total. The van der Waals surface area contributed by atoms with Gasteiger partial charge in [0.25, 0.3) is 0 Å². The lowest BCUT2D eigenvalue weighted by Crippen LogP contribution is -2.42. The topological polar surface area (TPSA) is 65.2 Å². The quantitative estimate of drug-likeness (QED) is 0.732. The van der Waals surface area contributed by atoms with Crippen LogP contribution in [0.4, 0.5) is 5.69 Å². The summed E-state index contributed by atoms with van der Waals surface area (Å²) >= 11 is 0. The standard InChI is InChI=1S/C22H23N3O2/c1-2-21(26)25-12-6-11-20(25)22(27)23-17-9-5-8-15(13-17)19-14-16-7-3-4-10-18(16)24-19/h3-5,7-10,13-14,20,24H,2,6,11-12H2,1H3,(H,23,27). The van der Waals surface area contributed by atoms with Crippen molar-refractivity contribution in [3.63, 3.8) is 0 Å². The minimum atomic E-state index is -0.366. The van der Waals surface area contributed by atoms with Crippen molar-refractivity contribution < 1.29 is 9.59 Å². The van der Waals surface area contributed by atoms with Crippen molar-refractivity contribution in [1.82, 2.24) is 9.88 Å². The Morgan fingerprint density at radius 2 is 2.00 bits per heavy atom. The summed E-state index contributed by atoms with van der Waals surface area (Å²) in [5.74, 6) is -0.0671. The number of likely N-dealkylation sites (tertiary alicyclic amines) is 1. The van der Waals surface area contributed by atoms with Gasteiger partial charge in [-0.3, -0.25) is 9.59 Å². The van der Waals surface area contributed by atoms with Crippen LogP contribution in [-0.2, 0) is 9.59 Å². The minimum Gasteiger partial charge on any atom is -0.355 e. The number of nitrogens with zero attached hydrogens (tertiary/aromatic N) is 1. The normalized spacial score (nSPS) is 16.6. The summed E-state index contributed by atoms with van der Waals surface area (Å²) in [7, 11) is 0. The molecule has 0 spiro atoms. The van der Waals surface area contributed by atoms with Gasteiger partial charge in [-0.05, 0) is 37.1 Å². The van der Waals surface area contributed by atoms with Crippen LogP contribution in [0.15, 0.2) is 54.6 Å². The molecule has 2 heterocycles. The van der Waals surface area contributed by atoms with Crippen LogP contribution in [0, 0.1) is 0 Å². The van der Waals surface area contributed by atoms with Gasteiger partial charge in [-0.2, -0.15) is 0 Å². The van der Waals surface area contributed by atoms with Crippen LogP contribution < -0.4 is 5.32 Å². The second-order valence-electron chi connectivity index (χ2n) is 6.94. The number of rotatable bonds is 4. The molecule has 2 aromatic carbocycles. The molecule has 5 heteroatoms. The molecule has 1 aliphatic rings. The third kappa shape index (κ3) is 3.45. The number of nitrogens with one attached hydrogen (secondary N) is 2. The molecule has 27 heavy (non-hydrogen) atoms. The largest absolute Gasteiger partial charge is 0.355 e. The van der Waals surface area contributed by atoms with Crippen LogP contribution in [0.5, 0.6) is 0 Å². The third-order valence-corrected chi connectivity index (χ3v) is 5.15. The van der Waals surface area contributed by atoms with Crippen LogP contribution in [0.2, 0.25) is 0 Å². The Hall–Kier alpha value is -3.08. The van der Waals surface area contributed by atoms with Crippen LogP contribution in [-0.4, -0.2) is 34.3 Å². The maximum atomic E-state index is 12.7. The van der Waals surface area contributed by atoms with Crippen LogP contribution in [0.25, 0.3) is 22.2 Å². The number of fused-ring (bicyclic) bond motifs is 1. The zero-order valence-corrected chi connectivity index (χ0v) is 15.4. The molecule has 138 valence electrons. The number of H-pyrrole nitrogens is 1. The fourth-order valence-corrected chi connectivity index (χ4v) is 3.76. The van der Waals surface area contributed by atoms with Gasteiger partial charge in [0, 0.05) is 40.8 Å². The smallest absolute Gasteiger partial charge is 0.247 e. The van der Waals surface area contributed by atoms with Crippen molar-refractivity contribution in [3.05, 3.63) is 54.6 Å². The number of benzene rings is 2. The number of aromatic amines is 1. The van der Waals surface area contributed by atoms with Crippen molar-refractivity contribution >= 4 is 28.4 Å². The van der Waals surface area contributed by atoms with E-state index in [0.29, 0.717) is 13.0 Å². The van der Waals surface area contributed by atoms with E-state index in [-0.39, 0.29) is 17.9 Å². The van der Waals surface area contributed by atoms with Gasteiger partial charge < -0.3 is 15.2 Å². The van der Waals surface area contributed by atoms with Gasteiger partial charge in [-0.15, -0.1) is 0 Å². The van der Waals surface area contributed by atoms with E-state index in [1.807, 2.05) is 49.4 Å². The molecular formula is C22H23N3O2. The highest BCUT2D eigenvalue weighted by atomic mass is 16.2. The second-order valence-corrected chi connectivity index (χ2v) is 6.94. The van der Waals surface area contributed by atoms with Crippen LogP contribution >= 0.6 is 0 Å². The Kier molecular flexibility index (Phi) is 4.67. The van der Waals surface area contributed by atoms with Crippen molar-refractivity contribution in [2.45, 2.75) is 32.2 Å². The van der Waals surface area contributed by atoms with E-state index in [2.05, 4.69) is 22.4 Å². The Labute approximate surface area is 158 Å². The number of carbonyl (C=O) groups is 2. The van der Waals surface area contributed by atoms with E-state index >= 15 is 0 Å². The monoisotopic (exact) mass is 361 g/mol. The van der Waals surface area contributed by atoms with E-state index in [9.17, 15) is 9.59 Å². The molecule has 1 aromatic heterocycles. The maximum Gasteiger partial charge on any atom is 0.247 e. The number of amides is 2. The predicted octanol–water partition coefficient (Wildman–Crippen LogP) is 4.17. The molecule has 1 unspecified atom stereocenters. The third-order valence-electron chi connectivity index (χ3n) is 5.15. The van der Waals surface area contributed by atoms with E-state index in [1.165, 1.54) is 0 Å². The lowest BCUT2D eigenvalue weighted by Gasteiger charge is -2.23. The van der Waals surface area contributed by atoms with Gasteiger partial charge >= 0.3 is 0 Å². The first-order valence-corrected chi connectivity index (χ1v) is 9.44. The molecule has 1 aliphatic heterocycles. The lowest BCUT2D eigenvalue weighted by atomic mass is 10.1. The van der Waals surface area contributed by atoms with E-state index in [1.54, 1.807) is 4.90 Å². The second kappa shape index (κ2) is 7.27. The number of carbonyl (C=O) groups excluding carboxylic acids is 2. The fraction of sp³-hybridized carbons (Fsp3) is 0.273. The SMILES string of the molecule is CCC(=O)N1CCCC1C(=O)Nc1cccc(-c2cc3ccccc3[nH]2)c1. The summed E-state index contributed by atoms with van der Waals surface area (Å²) in [6, 6.07) is 17.7. The highest BCUT2D eigenvalue weighted by molar-refractivity contribution is 5.98. The van der Waals surface area contributed by atoms with Crippen molar-refractivity contribution in [2.24, 2.45) is 0 Å². The molecule has 0 saturated carbocycles. The number of hydrogen-bond donors (Lipinski definition) is 2. The van der Waals surface area contributed by atoms with Crippen molar-refractivity contribution in [2.75, 3.05) is 11.9 Å². The summed E-state index contributed by atoms with van der Waals surface area (Å²) in [5, 5.41) is 4.14. The Morgan fingerprint density at radius 3 is 2.81 bits per heavy atom. The van der Waals surface area contributed by atoms with Crippen molar-refractivity contribution in [3.8, 4) is 11.3 Å². The molecule has 4 rings (SSSR count). The first kappa shape index (κ1) is 17.3. The minimum absolute atomic E-state index is 0.0412. The van der Waals surface area contributed by atoms with E-state index in [4.69, 9.17) is 0 Å². The molecule has 0 aliphatic carbocycles. The average molecular weight is 361 g/mol. The lowest BCUT2D eigenvalue weighted by molar-refractivity contribution is -0.136. The molecule has 1 saturated heterocycles. The maximum absolute atomic E-state index is 12.7. The first-order valence-electron chi connectivity index (χ1n) is 9.44. The molecule has 1 atom stereocenters. The zero-order valence-electron chi connectivity index (χ0n) is 15.4. The molecule has 5 nitrogen and oxygen atoms in total. The van der Waals surface area contributed by atoms with Gasteiger partial charge in [0.15, 0.2) is 0 Å². The first-order chi connectivity index (χ1) is 13.2. The summed E-state index contributed by atoms with van der Waals surface area (Å²) in [5.41, 5.74) is 3.85. The van der Waals surface area contributed by atoms with Gasteiger partial charge in [0.1, 0.15) is 6.04 Å². The van der Waals surface area contributed by atoms with Gasteiger partial charge in [-0.25, -0.2) is 0 Å². The molecular weight excluding hydrogens is 338 g/mol. The van der Waals surface area contributed by atoms with Gasteiger partial charge in [0.2, 0.25) is 11.8 Å². The van der Waals surface area contributed by atoms with Gasteiger partial charge in [0.05, 0.1) is 0 Å². The summed E-state index contributed by atoms with van der Waals surface area (Å²) in [6.07, 6.45) is 2.03. The van der Waals surface area contributed by atoms with Crippen molar-refractivity contribution in [1.29, 1.82) is 0 Å². The predicted molar refractivity (Wildman–Crippen MR) is 107 cm³/mol. The van der Waals surface area contributed by atoms with E-state index in [0.717, 1.165) is 40.7 Å². The number of hydrogen-bond acceptors (Lipinski definition) is 2. The molecule has 0 bridgehead atoms. The highest BCUT2D eigenvalue weighted by Gasteiger charge is 2.33. The average Bonchev–Trinajstić information content (AvgIpc) is 3.34. The van der Waals surface area contributed by atoms with Gasteiger partial charge in [-0.1, -0.05) is 37.3 Å².